The molecule has 3 rings (SSSR count). The van der Waals surface area contributed by atoms with Crippen molar-refractivity contribution >= 4 is 11.9 Å². The highest BCUT2D eigenvalue weighted by molar-refractivity contribution is 5.92. The Morgan fingerprint density at radius 2 is 1.12 bits per heavy atom. The minimum Gasteiger partial charge on any atom is -0.494 e. The van der Waals surface area contributed by atoms with Gasteiger partial charge in [0.15, 0.2) is 0 Å². The molecule has 0 atom stereocenters. The van der Waals surface area contributed by atoms with Gasteiger partial charge in [0.25, 0.3) is 0 Å². The first kappa shape index (κ1) is 30.2. The van der Waals surface area contributed by atoms with Crippen LogP contribution in [-0.4, -0.2) is 25.2 Å². The van der Waals surface area contributed by atoms with Crippen LogP contribution in [0.2, 0.25) is 0 Å². The van der Waals surface area contributed by atoms with E-state index in [0.29, 0.717) is 47.3 Å². The van der Waals surface area contributed by atoms with Gasteiger partial charge in [0, 0.05) is 5.56 Å². The zero-order valence-corrected chi connectivity index (χ0v) is 23.6. The number of carbonyl (C=O) groups is 2. The lowest BCUT2D eigenvalue weighted by atomic mass is 9.86. The second-order valence-electron chi connectivity index (χ2n) is 10.3. The van der Waals surface area contributed by atoms with Gasteiger partial charge >= 0.3 is 11.9 Å². The van der Waals surface area contributed by atoms with Crippen LogP contribution in [0.1, 0.15) is 72.7 Å². The van der Waals surface area contributed by atoms with E-state index < -0.39 is 11.9 Å². The maximum atomic E-state index is 12.9. The van der Waals surface area contributed by atoms with Gasteiger partial charge in [0.2, 0.25) is 0 Å². The van der Waals surface area contributed by atoms with Crippen molar-refractivity contribution in [3.05, 3.63) is 109 Å². The van der Waals surface area contributed by atoms with Crippen molar-refractivity contribution in [2.75, 3.05) is 13.2 Å². The molecule has 6 heteroatoms. The third-order valence-corrected chi connectivity index (χ3v) is 5.99. The number of unbranched alkanes of at least 4 members (excludes halogenated alkanes) is 2. The lowest BCUT2D eigenvalue weighted by Crippen LogP contribution is -2.17. The summed E-state index contributed by atoms with van der Waals surface area (Å²) in [4.78, 5) is 25.7. The molecule has 0 aromatic heterocycles. The molecule has 0 saturated carbocycles. The van der Waals surface area contributed by atoms with E-state index in [1.54, 1.807) is 66.7 Å². The molecule has 210 valence electrons. The molecule has 0 aliphatic rings. The molecule has 40 heavy (non-hydrogen) atoms. The van der Waals surface area contributed by atoms with Crippen molar-refractivity contribution in [1.82, 2.24) is 0 Å². The second kappa shape index (κ2) is 14.7. The first-order valence-corrected chi connectivity index (χ1v) is 13.5. The molecule has 0 aliphatic heterocycles. The predicted octanol–water partition coefficient (Wildman–Crippen LogP) is 8.11. The zero-order valence-electron chi connectivity index (χ0n) is 23.6. The average Bonchev–Trinajstić information content (AvgIpc) is 2.94. The Morgan fingerprint density at radius 1 is 0.675 bits per heavy atom. The highest BCUT2D eigenvalue weighted by Gasteiger charge is 2.23. The van der Waals surface area contributed by atoms with Gasteiger partial charge in [-0.2, -0.15) is 0 Å². The normalized spacial score (nSPS) is 10.9. The van der Waals surface area contributed by atoms with Crippen LogP contribution in [0.25, 0.3) is 0 Å². The van der Waals surface area contributed by atoms with Gasteiger partial charge in [-0.05, 0) is 97.8 Å². The monoisotopic (exact) mass is 542 g/mol. The smallest absolute Gasteiger partial charge is 0.343 e. The minimum absolute atomic E-state index is 0.359. The Hall–Kier alpha value is -4.32. The van der Waals surface area contributed by atoms with Crippen LogP contribution in [-0.2, 0) is 5.41 Å². The van der Waals surface area contributed by atoms with Gasteiger partial charge in [-0.1, -0.05) is 32.9 Å². The van der Waals surface area contributed by atoms with Gasteiger partial charge in [0.05, 0.1) is 24.3 Å². The number of hydrogen-bond acceptors (Lipinski definition) is 6. The van der Waals surface area contributed by atoms with Crippen molar-refractivity contribution in [2.24, 2.45) is 0 Å². The fraction of sp³-hybridized carbons (Fsp3) is 0.294. The quantitative estimate of drug-likeness (QED) is 0.0887. The van der Waals surface area contributed by atoms with Crippen LogP contribution in [0.5, 0.6) is 23.0 Å². The molecule has 0 aliphatic carbocycles. The molecule has 3 aromatic rings. The molecule has 0 radical (unpaired) electrons. The summed E-state index contributed by atoms with van der Waals surface area (Å²) < 4.78 is 22.8. The Kier molecular flexibility index (Phi) is 11.1. The topological polar surface area (TPSA) is 71.1 Å². The Balaban J connectivity index is 1.66. The van der Waals surface area contributed by atoms with E-state index >= 15 is 0 Å². The van der Waals surface area contributed by atoms with Crippen molar-refractivity contribution < 1.29 is 28.5 Å². The van der Waals surface area contributed by atoms with Crippen LogP contribution >= 0.6 is 0 Å². The number of ether oxygens (including phenoxy) is 4. The Morgan fingerprint density at radius 3 is 1.57 bits per heavy atom. The Bertz CT molecular complexity index is 1280. The maximum absolute atomic E-state index is 12.9. The van der Waals surface area contributed by atoms with E-state index in [1.165, 1.54) is 0 Å². The molecule has 0 fully saturated rings. The van der Waals surface area contributed by atoms with Crippen molar-refractivity contribution in [3.8, 4) is 23.0 Å². The molecule has 6 nitrogen and oxygen atoms in total. The second-order valence-corrected chi connectivity index (χ2v) is 10.3. The highest BCUT2D eigenvalue weighted by atomic mass is 16.5. The number of carbonyl (C=O) groups excluding carboxylic acids is 2. The molecular formula is C34H38O6. The third kappa shape index (κ3) is 9.16. The van der Waals surface area contributed by atoms with Crippen molar-refractivity contribution in [2.45, 2.75) is 51.9 Å². The SMILES string of the molecule is C=CCCCOc1ccc(C(=O)Oc2ccc(OC(=O)c3ccc(OCCCC=C)cc3)c(C(C)(C)C)c2)cc1. The number of hydrogen-bond donors (Lipinski definition) is 0. The number of esters is 2. The van der Waals surface area contributed by atoms with Crippen LogP contribution in [0.3, 0.4) is 0 Å². The number of rotatable bonds is 14. The molecular weight excluding hydrogens is 504 g/mol. The largest absolute Gasteiger partial charge is 0.494 e. The molecule has 0 bridgehead atoms. The molecule has 0 saturated heterocycles. The van der Waals surface area contributed by atoms with Crippen molar-refractivity contribution in [3.63, 3.8) is 0 Å². The van der Waals surface area contributed by atoms with Gasteiger partial charge in [0.1, 0.15) is 23.0 Å². The molecule has 0 heterocycles. The average molecular weight is 543 g/mol. The lowest BCUT2D eigenvalue weighted by molar-refractivity contribution is 0.0716. The molecule has 0 N–H and O–H groups in total. The summed E-state index contributed by atoms with van der Waals surface area (Å²) in [6.07, 6.45) is 7.24. The third-order valence-electron chi connectivity index (χ3n) is 5.99. The fourth-order valence-electron chi connectivity index (χ4n) is 3.78. The van der Waals surface area contributed by atoms with E-state index in [0.717, 1.165) is 31.2 Å². The number of benzene rings is 3. The lowest BCUT2D eigenvalue weighted by Gasteiger charge is -2.23. The minimum atomic E-state index is -0.491. The van der Waals surface area contributed by atoms with E-state index in [-0.39, 0.29) is 5.41 Å². The summed E-state index contributed by atoms with van der Waals surface area (Å²) >= 11 is 0. The van der Waals surface area contributed by atoms with Gasteiger partial charge in [-0.25, -0.2) is 9.59 Å². The van der Waals surface area contributed by atoms with Crippen molar-refractivity contribution in [1.29, 1.82) is 0 Å². The summed E-state index contributed by atoms with van der Waals surface area (Å²) in [5.74, 6) is 1.16. The van der Waals surface area contributed by atoms with Crippen LogP contribution < -0.4 is 18.9 Å². The summed E-state index contributed by atoms with van der Waals surface area (Å²) in [5, 5.41) is 0. The highest BCUT2D eigenvalue weighted by Crippen LogP contribution is 2.35. The van der Waals surface area contributed by atoms with Gasteiger partial charge in [-0.3, -0.25) is 0 Å². The summed E-state index contributed by atoms with van der Waals surface area (Å²) in [6, 6.07) is 18.7. The molecule has 0 unspecified atom stereocenters. The summed E-state index contributed by atoms with van der Waals surface area (Å²) in [6.45, 7) is 14.6. The first-order valence-electron chi connectivity index (χ1n) is 13.5. The van der Waals surface area contributed by atoms with E-state index in [2.05, 4.69) is 13.2 Å². The number of allylic oxidation sites excluding steroid dienone is 2. The zero-order chi connectivity index (χ0) is 29.0. The van der Waals surface area contributed by atoms with E-state index in [4.69, 9.17) is 18.9 Å². The molecule has 0 amide bonds. The standard InChI is InChI=1S/C34H38O6/c1-6-8-10-22-37-27-16-12-25(13-17-27)32(35)39-29-20-21-31(30(24-29)34(3,4)5)40-33(36)26-14-18-28(19-15-26)38-23-11-9-7-2/h6-7,12-21,24H,1-2,8-11,22-23H2,3-5H3. The van der Waals surface area contributed by atoms with Gasteiger partial charge < -0.3 is 18.9 Å². The molecule has 3 aromatic carbocycles. The van der Waals surface area contributed by atoms with Crippen LogP contribution in [0.15, 0.2) is 92.0 Å². The van der Waals surface area contributed by atoms with Crippen LogP contribution in [0.4, 0.5) is 0 Å². The van der Waals surface area contributed by atoms with Gasteiger partial charge in [-0.15, -0.1) is 13.2 Å². The molecule has 0 spiro atoms. The Labute approximate surface area is 237 Å². The first-order chi connectivity index (χ1) is 19.2. The van der Waals surface area contributed by atoms with Crippen LogP contribution in [0, 0.1) is 0 Å². The predicted molar refractivity (Wildman–Crippen MR) is 158 cm³/mol. The fourth-order valence-corrected chi connectivity index (χ4v) is 3.78. The summed E-state index contributed by atoms with van der Waals surface area (Å²) in [5.41, 5.74) is 1.16. The maximum Gasteiger partial charge on any atom is 0.343 e. The summed E-state index contributed by atoms with van der Waals surface area (Å²) in [7, 11) is 0. The van der Waals surface area contributed by atoms with E-state index in [1.807, 2.05) is 32.9 Å². The van der Waals surface area contributed by atoms with E-state index in [9.17, 15) is 9.59 Å².